The van der Waals surface area contributed by atoms with Gasteiger partial charge in [0.2, 0.25) is 11.8 Å². The summed E-state index contributed by atoms with van der Waals surface area (Å²) >= 11 is 0. The Morgan fingerprint density at radius 1 is 1.29 bits per heavy atom. The van der Waals surface area contributed by atoms with Crippen molar-refractivity contribution in [3.05, 3.63) is 35.4 Å². The van der Waals surface area contributed by atoms with Crippen LogP contribution in [0.4, 0.5) is 8.78 Å². The highest BCUT2D eigenvalue weighted by Gasteiger charge is 2.34. The zero-order valence-electron chi connectivity index (χ0n) is 13.1. The summed E-state index contributed by atoms with van der Waals surface area (Å²) in [6.07, 6.45) is 0.774. The lowest BCUT2D eigenvalue weighted by Gasteiger charge is -2.35. The molecule has 130 valence electrons. The lowest BCUT2D eigenvalue weighted by Crippen LogP contribution is -2.56. The number of rotatable bonds is 4. The van der Waals surface area contributed by atoms with Crippen LogP contribution in [0.2, 0.25) is 0 Å². The number of nitrogens with one attached hydrogen (secondary N) is 1. The molecule has 24 heavy (non-hydrogen) atoms. The Morgan fingerprint density at radius 2 is 2.12 bits per heavy atom. The smallest absolute Gasteiger partial charge is 0.248 e. The molecule has 0 aliphatic carbocycles. The number of hydrogen-bond donors (Lipinski definition) is 1. The highest BCUT2D eigenvalue weighted by atomic mass is 19.2. The summed E-state index contributed by atoms with van der Waals surface area (Å²) in [6, 6.07) is 3.01. The first kappa shape index (κ1) is 16.8. The Bertz CT molecular complexity index is 635. The van der Waals surface area contributed by atoms with Crippen LogP contribution in [0.1, 0.15) is 18.4 Å². The minimum atomic E-state index is -0.924. The summed E-state index contributed by atoms with van der Waals surface area (Å²) in [5.41, 5.74) is 0.554. The summed E-state index contributed by atoms with van der Waals surface area (Å²) in [7, 11) is 0. The maximum atomic E-state index is 13.4. The van der Waals surface area contributed by atoms with Gasteiger partial charge in [-0.1, -0.05) is 6.07 Å². The SMILES string of the molecule is O=C1NCCN(Cc2ccc(F)c(F)c2)[C@H]1CC(=O)N1CCCO1. The standard InChI is InChI=1S/C16H19F2N3O3/c17-12-3-2-11(8-13(12)18)10-20-6-4-19-16(23)14(20)9-15(22)21-5-1-7-24-21/h2-3,8,14H,1,4-7,9-10H2,(H,19,23)/t14-/m0/s1. The Balaban J connectivity index is 1.70. The molecule has 3 rings (SSSR count). The van der Waals surface area contributed by atoms with Gasteiger partial charge in [0.1, 0.15) is 0 Å². The minimum absolute atomic E-state index is 0.00445. The molecule has 2 aliphatic heterocycles. The second-order valence-electron chi connectivity index (χ2n) is 5.91. The molecule has 1 atom stereocenters. The van der Waals surface area contributed by atoms with Crippen LogP contribution in [0.5, 0.6) is 0 Å². The molecule has 8 heteroatoms. The Hall–Kier alpha value is -2.06. The van der Waals surface area contributed by atoms with Crippen molar-refractivity contribution < 1.29 is 23.2 Å². The topological polar surface area (TPSA) is 61.9 Å². The summed E-state index contributed by atoms with van der Waals surface area (Å²) in [4.78, 5) is 31.4. The van der Waals surface area contributed by atoms with E-state index in [-0.39, 0.29) is 24.8 Å². The fraction of sp³-hybridized carbons (Fsp3) is 0.500. The average molecular weight is 339 g/mol. The van der Waals surface area contributed by atoms with Crippen LogP contribution < -0.4 is 5.32 Å². The normalized spacial score (nSPS) is 21.8. The summed E-state index contributed by atoms with van der Waals surface area (Å²) in [5.74, 6) is -2.32. The highest BCUT2D eigenvalue weighted by Crippen LogP contribution is 2.18. The number of piperazine rings is 1. The summed E-state index contributed by atoms with van der Waals surface area (Å²) in [5, 5.41) is 4.03. The molecule has 1 N–H and O–H groups in total. The molecule has 2 fully saturated rings. The molecule has 2 amide bonds. The van der Waals surface area contributed by atoms with Gasteiger partial charge in [0, 0.05) is 19.6 Å². The zero-order valence-corrected chi connectivity index (χ0v) is 13.1. The maximum absolute atomic E-state index is 13.4. The van der Waals surface area contributed by atoms with Crippen molar-refractivity contribution in [2.45, 2.75) is 25.4 Å². The summed E-state index contributed by atoms with van der Waals surface area (Å²) < 4.78 is 26.4. The third-order valence-electron chi connectivity index (χ3n) is 4.21. The second-order valence-corrected chi connectivity index (χ2v) is 5.91. The lowest BCUT2D eigenvalue weighted by atomic mass is 10.1. The van der Waals surface area contributed by atoms with Crippen LogP contribution in [0, 0.1) is 11.6 Å². The first-order valence-corrected chi connectivity index (χ1v) is 7.93. The van der Waals surface area contributed by atoms with Gasteiger partial charge in [-0.25, -0.2) is 13.8 Å². The average Bonchev–Trinajstić information content (AvgIpc) is 3.09. The van der Waals surface area contributed by atoms with E-state index in [4.69, 9.17) is 4.84 Å². The van der Waals surface area contributed by atoms with Crippen molar-refractivity contribution in [3.63, 3.8) is 0 Å². The van der Waals surface area contributed by atoms with E-state index in [9.17, 15) is 18.4 Å². The van der Waals surface area contributed by atoms with E-state index in [1.165, 1.54) is 11.1 Å². The maximum Gasteiger partial charge on any atom is 0.248 e. The molecule has 0 bridgehead atoms. The number of carbonyl (C=O) groups is 2. The fourth-order valence-electron chi connectivity index (χ4n) is 2.96. The largest absolute Gasteiger partial charge is 0.353 e. The third-order valence-corrected chi connectivity index (χ3v) is 4.21. The quantitative estimate of drug-likeness (QED) is 0.882. The molecule has 2 aliphatic rings. The van der Waals surface area contributed by atoms with Gasteiger partial charge in [-0.15, -0.1) is 0 Å². The first-order valence-electron chi connectivity index (χ1n) is 7.93. The van der Waals surface area contributed by atoms with Crippen LogP contribution in [0.15, 0.2) is 18.2 Å². The minimum Gasteiger partial charge on any atom is -0.353 e. The lowest BCUT2D eigenvalue weighted by molar-refractivity contribution is -0.171. The Morgan fingerprint density at radius 3 is 2.83 bits per heavy atom. The van der Waals surface area contributed by atoms with E-state index in [2.05, 4.69) is 5.32 Å². The van der Waals surface area contributed by atoms with Crippen LogP contribution >= 0.6 is 0 Å². The van der Waals surface area contributed by atoms with Gasteiger partial charge >= 0.3 is 0 Å². The van der Waals surface area contributed by atoms with E-state index in [1.54, 1.807) is 4.90 Å². The predicted molar refractivity (Wildman–Crippen MR) is 80.5 cm³/mol. The molecule has 0 aromatic heterocycles. The van der Waals surface area contributed by atoms with Gasteiger partial charge in [0.25, 0.3) is 0 Å². The molecular weight excluding hydrogens is 320 g/mol. The molecule has 2 heterocycles. The number of benzene rings is 1. The van der Waals surface area contributed by atoms with Crippen molar-refractivity contribution in [3.8, 4) is 0 Å². The van der Waals surface area contributed by atoms with Gasteiger partial charge in [0.05, 0.1) is 25.6 Å². The van der Waals surface area contributed by atoms with Crippen molar-refractivity contribution in [2.24, 2.45) is 0 Å². The van der Waals surface area contributed by atoms with Crippen LogP contribution in [-0.4, -0.2) is 54.1 Å². The number of carbonyl (C=O) groups excluding carboxylic acids is 2. The van der Waals surface area contributed by atoms with E-state index in [0.717, 1.165) is 18.6 Å². The molecule has 1 aromatic rings. The highest BCUT2D eigenvalue weighted by molar-refractivity contribution is 5.88. The molecule has 0 unspecified atom stereocenters. The van der Waals surface area contributed by atoms with E-state index in [1.807, 2.05) is 0 Å². The first-order chi connectivity index (χ1) is 11.5. The molecule has 0 radical (unpaired) electrons. The Labute approximate surface area is 138 Å². The molecule has 6 nitrogen and oxygen atoms in total. The van der Waals surface area contributed by atoms with Crippen molar-refractivity contribution in [1.82, 2.24) is 15.3 Å². The zero-order chi connectivity index (χ0) is 17.1. The van der Waals surface area contributed by atoms with Crippen molar-refractivity contribution in [2.75, 3.05) is 26.2 Å². The number of hydroxylamine groups is 2. The van der Waals surface area contributed by atoms with E-state index < -0.39 is 17.7 Å². The van der Waals surface area contributed by atoms with Gasteiger partial charge < -0.3 is 5.32 Å². The second kappa shape index (κ2) is 7.23. The molecule has 2 saturated heterocycles. The van der Waals surface area contributed by atoms with Gasteiger partial charge in [0.15, 0.2) is 11.6 Å². The number of halogens is 2. The number of hydrogen-bond acceptors (Lipinski definition) is 4. The predicted octanol–water partition coefficient (Wildman–Crippen LogP) is 0.819. The summed E-state index contributed by atoms with van der Waals surface area (Å²) in [6.45, 7) is 2.28. The van der Waals surface area contributed by atoms with Gasteiger partial charge in [-0.05, 0) is 24.1 Å². The number of nitrogens with zero attached hydrogens (tertiary/aromatic N) is 2. The van der Waals surface area contributed by atoms with E-state index in [0.29, 0.717) is 31.8 Å². The Kier molecular flexibility index (Phi) is 5.06. The van der Waals surface area contributed by atoms with Crippen LogP contribution in [0.3, 0.4) is 0 Å². The van der Waals surface area contributed by atoms with E-state index >= 15 is 0 Å². The van der Waals surface area contributed by atoms with Crippen molar-refractivity contribution >= 4 is 11.8 Å². The van der Waals surface area contributed by atoms with Gasteiger partial charge in [-0.3, -0.25) is 19.3 Å². The molecular formula is C16H19F2N3O3. The fourth-order valence-corrected chi connectivity index (χ4v) is 2.96. The molecule has 1 aromatic carbocycles. The van der Waals surface area contributed by atoms with Gasteiger partial charge in [-0.2, -0.15) is 0 Å². The van der Waals surface area contributed by atoms with Crippen molar-refractivity contribution in [1.29, 1.82) is 0 Å². The monoisotopic (exact) mass is 339 g/mol. The van der Waals surface area contributed by atoms with Crippen LogP contribution in [-0.2, 0) is 21.0 Å². The molecule has 0 saturated carbocycles. The number of amides is 2. The molecule has 0 spiro atoms. The van der Waals surface area contributed by atoms with Crippen LogP contribution in [0.25, 0.3) is 0 Å². The third kappa shape index (κ3) is 3.70.